The van der Waals surface area contributed by atoms with Crippen LogP contribution >= 0.6 is 0 Å². The average Bonchev–Trinajstić information content (AvgIpc) is 2.89. The van der Waals surface area contributed by atoms with Crippen LogP contribution in [-0.2, 0) is 19.1 Å². The highest BCUT2D eigenvalue weighted by Gasteiger charge is 2.29. The number of halogens is 4. The molecule has 10 heteroatoms. The second-order valence-corrected chi connectivity index (χ2v) is 8.84. The van der Waals surface area contributed by atoms with Gasteiger partial charge in [0, 0.05) is 64.5 Å². The van der Waals surface area contributed by atoms with E-state index >= 15 is 0 Å². The molecule has 1 amide bonds. The summed E-state index contributed by atoms with van der Waals surface area (Å²) in [7, 11) is 3.18. The van der Waals surface area contributed by atoms with E-state index in [4.69, 9.17) is 9.47 Å². The molecule has 0 spiro atoms. The fourth-order valence-electron chi connectivity index (χ4n) is 4.01. The summed E-state index contributed by atoms with van der Waals surface area (Å²) < 4.78 is 64.6. The predicted octanol–water partition coefficient (Wildman–Crippen LogP) is 4.11. The Labute approximate surface area is 219 Å². The summed E-state index contributed by atoms with van der Waals surface area (Å²) in [5.74, 6) is -4.84. The maximum atomic E-state index is 13.8. The van der Waals surface area contributed by atoms with E-state index in [1.54, 1.807) is 14.2 Å². The number of methoxy groups -OCH3 is 2. The number of hydrogen-bond acceptors (Lipinski definition) is 5. The van der Waals surface area contributed by atoms with E-state index in [9.17, 15) is 27.2 Å². The molecule has 0 bridgehead atoms. The van der Waals surface area contributed by atoms with E-state index in [1.165, 1.54) is 29.2 Å². The zero-order chi connectivity index (χ0) is 27.7. The summed E-state index contributed by atoms with van der Waals surface area (Å²) in [6.45, 7) is 2.53. The van der Waals surface area contributed by atoms with Crippen LogP contribution in [0.1, 0.15) is 17.5 Å². The Morgan fingerprint density at radius 3 is 1.71 bits per heavy atom. The molecule has 1 saturated heterocycles. The highest BCUT2D eigenvalue weighted by atomic mass is 19.2. The van der Waals surface area contributed by atoms with E-state index in [0.29, 0.717) is 32.8 Å². The van der Waals surface area contributed by atoms with E-state index in [0.717, 1.165) is 24.3 Å². The molecule has 3 rings (SSSR count). The van der Waals surface area contributed by atoms with Gasteiger partial charge < -0.3 is 14.4 Å². The van der Waals surface area contributed by atoms with Crippen LogP contribution < -0.4 is 0 Å². The minimum absolute atomic E-state index is 0.0398. The molecule has 1 aliphatic heterocycles. The van der Waals surface area contributed by atoms with Gasteiger partial charge in [0.15, 0.2) is 29.1 Å². The second-order valence-electron chi connectivity index (χ2n) is 8.84. The lowest BCUT2D eigenvalue weighted by molar-refractivity contribution is -0.131. The van der Waals surface area contributed by atoms with Gasteiger partial charge >= 0.3 is 0 Å². The van der Waals surface area contributed by atoms with Crippen molar-refractivity contribution in [2.24, 2.45) is 0 Å². The molecule has 1 fully saturated rings. The van der Waals surface area contributed by atoms with Crippen molar-refractivity contribution < 1.29 is 36.6 Å². The number of carbonyl (C=O) groups is 2. The Morgan fingerprint density at radius 2 is 1.29 bits per heavy atom. The lowest BCUT2D eigenvalue weighted by Gasteiger charge is -2.31. The molecule has 1 aliphatic rings. The van der Waals surface area contributed by atoms with Gasteiger partial charge in [-0.25, -0.2) is 17.6 Å². The van der Waals surface area contributed by atoms with Gasteiger partial charge in [-0.3, -0.25) is 14.5 Å². The number of hydrogen-bond donors (Lipinski definition) is 0. The molecule has 0 saturated carbocycles. The quantitative estimate of drug-likeness (QED) is 0.321. The molecule has 0 N–H and O–H groups in total. The van der Waals surface area contributed by atoms with Gasteiger partial charge in [-0.15, -0.1) is 0 Å². The van der Waals surface area contributed by atoms with Crippen LogP contribution in [0.2, 0.25) is 0 Å². The first-order valence-electron chi connectivity index (χ1n) is 12.1. The van der Waals surface area contributed by atoms with Crippen LogP contribution in [0.25, 0.3) is 12.2 Å². The van der Waals surface area contributed by atoms with Gasteiger partial charge in [0.05, 0.1) is 13.2 Å². The van der Waals surface area contributed by atoms with Crippen LogP contribution in [0.4, 0.5) is 17.6 Å². The topological polar surface area (TPSA) is 59.1 Å². The third-order valence-electron chi connectivity index (χ3n) is 6.09. The summed E-state index contributed by atoms with van der Waals surface area (Å²) in [6, 6.07) is 6.45. The van der Waals surface area contributed by atoms with Gasteiger partial charge in [0.2, 0.25) is 5.91 Å². The normalized spacial score (nSPS) is 16.2. The van der Waals surface area contributed by atoms with Crippen LogP contribution in [0, 0.1) is 23.3 Å². The number of ether oxygens (including phenoxy) is 2. The Morgan fingerprint density at radius 1 is 0.816 bits per heavy atom. The first-order chi connectivity index (χ1) is 18.2. The van der Waals surface area contributed by atoms with E-state index in [2.05, 4.69) is 0 Å². The maximum absolute atomic E-state index is 13.8. The summed E-state index contributed by atoms with van der Waals surface area (Å²) in [5, 5.41) is 0. The highest BCUT2D eigenvalue weighted by molar-refractivity contribution is 6.15. The van der Waals surface area contributed by atoms with Gasteiger partial charge in [-0.05, 0) is 47.5 Å². The Hall–Kier alpha value is -3.34. The van der Waals surface area contributed by atoms with Crippen molar-refractivity contribution in [2.45, 2.75) is 6.42 Å². The Bertz CT molecular complexity index is 1130. The number of likely N-dealkylation sites (tertiary alicyclic amines) is 1. The first kappa shape index (κ1) is 29.2. The molecule has 38 heavy (non-hydrogen) atoms. The number of nitrogens with zero attached hydrogens (tertiary/aromatic N) is 2. The van der Waals surface area contributed by atoms with Crippen molar-refractivity contribution in [3.63, 3.8) is 0 Å². The number of benzene rings is 2. The molecule has 2 aromatic rings. The number of Topliss-reactive ketones (excluding diaryl/α,β-unsaturated/α-hetero) is 1. The van der Waals surface area contributed by atoms with Crippen LogP contribution in [0.5, 0.6) is 0 Å². The number of carbonyl (C=O) groups excluding carboxylic acids is 2. The number of piperidine rings is 1. The van der Waals surface area contributed by atoms with Gasteiger partial charge in [-0.1, -0.05) is 12.1 Å². The zero-order valence-electron chi connectivity index (χ0n) is 21.3. The van der Waals surface area contributed by atoms with Crippen LogP contribution in [-0.4, -0.2) is 81.6 Å². The van der Waals surface area contributed by atoms with Crippen LogP contribution in [0.3, 0.4) is 0 Å². The van der Waals surface area contributed by atoms with Gasteiger partial charge in [-0.2, -0.15) is 0 Å². The molecule has 0 atom stereocenters. The molecule has 0 aliphatic carbocycles. The molecule has 1 heterocycles. The third-order valence-corrected chi connectivity index (χ3v) is 6.09. The Kier molecular flexibility index (Phi) is 10.8. The molecule has 0 aromatic heterocycles. The standard InChI is InChI=1S/C28H30F4N2O4/c1-37-11-9-33(10-12-38-2)8-7-27(35)34-17-21(13-19-3-5-23(29)25(31)15-19)28(36)22(18-34)14-20-4-6-24(30)26(32)16-20/h3-6,13-16H,7-12,17-18H2,1-2H3/b21-13+,22-14+. The minimum Gasteiger partial charge on any atom is -0.383 e. The number of ketones is 1. The van der Waals surface area contributed by atoms with Crippen LogP contribution in [0.15, 0.2) is 47.5 Å². The zero-order valence-corrected chi connectivity index (χ0v) is 21.3. The van der Waals surface area contributed by atoms with Crippen molar-refractivity contribution in [2.75, 3.05) is 60.2 Å². The molecule has 204 valence electrons. The SMILES string of the molecule is COCCN(CCOC)CCC(=O)N1C/C(=C\c2ccc(F)c(F)c2)C(=O)/C(=C/c2ccc(F)c(F)c2)C1. The van der Waals surface area contributed by atoms with Crippen molar-refractivity contribution in [1.82, 2.24) is 9.80 Å². The third kappa shape index (κ3) is 8.08. The van der Waals surface area contributed by atoms with Gasteiger partial charge in [0.25, 0.3) is 0 Å². The molecule has 6 nitrogen and oxygen atoms in total. The summed E-state index contributed by atoms with van der Waals surface area (Å²) in [5.41, 5.74) is 0.859. The number of rotatable bonds is 11. The Balaban J connectivity index is 1.87. The predicted molar refractivity (Wildman–Crippen MR) is 135 cm³/mol. The lowest BCUT2D eigenvalue weighted by atomic mass is 9.94. The summed E-state index contributed by atoms with van der Waals surface area (Å²) >= 11 is 0. The second kappa shape index (κ2) is 14.0. The molecule has 0 radical (unpaired) electrons. The summed E-state index contributed by atoms with van der Waals surface area (Å²) in [4.78, 5) is 30.0. The smallest absolute Gasteiger partial charge is 0.224 e. The van der Waals surface area contributed by atoms with Crippen molar-refractivity contribution in [3.05, 3.63) is 81.9 Å². The van der Waals surface area contributed by atoms with Gasteiger partial charge in [0.1, 0.15) is 0 Å². The molecule has 2 aromatic carbocycles. The van der Waals surface area contributed by atoms with Crippen molar-refractivity contribution in [3.8, 4) is 0 Å². The van der Waals surface area contributed by atoms with Crippen molar-refractivity contribution >= 4 is 23.8 Å². The maximum Gasteiger partial charge on any atom is 0.224 e. The molecular weight excluding hydrogens is 504 g/mol. The monoisotopic (exact) mass is 534 g/mol. The van der Waals surface area contributed by atoms with E-state index in [1.807, 2.05) is 4.90 Å². The minimum atomic E-state index is -1.07. The lowest BCUT2D eigenvalue weighted by Crippen LogP contribution is -2.43. The van der Waals surface area contributed by atoms with E-state index < -0.39 is 29.1 Å². The molecular formula is C28H30F4N2O4. The first-order valence-corrected chi connectivity index (χ1v) is 12.1. The fraction of sp³-hybridized carbons (Fsp3) is 0.357. The highest BCUT2D eigenvalue weighted by Crippen LogP contribution is 2.24. The van der Waals surface area contributed by atoms with Crippen molar-refractivity contribution in [1.29, 1.82) is 0 Å². The molecule has 0 unspecified atom stereocenters. The van der Waals surface area contributed by atoms with E-state index in [-0.39, 0.29) is 47.7 Å². The largest absolute Gasteiger partial charge is 0.383 e. The fourth-order valence-corrected chi connectivity index (χ4v) is 4.01. The average molecular weight is 535 g/mol. The summed E-state index contributed by atoms with van der Waals surface area (Å²) in [6.07, 6.45) is 2.94. The number of amides is 1.